The maximum absolute atomic E-state index is 12.1. The predicted molar refractivity (Wildman–Crippen MR) is 96.4 cm³/mol. The predicted octanol–water partition coefficient (Wildman–Crippen LogP) is 2.19. The number of amides is 2. The van der Waals surface area contributed by atoms with E-state index >= 15 is 0 Å². The van der Waals surface area contributed by atoms with Gasteiger partial charge < -0.3 is 20.5 Å². The molecule has 6 heteroatoms. The summed E-state index contributed by atoms with van der Waals surface area (Å²) in [6.45, 7) is 4.66. The molecule has 138 valence electrons. The number of aliphatic hydroxyl groups excluding tert-OH is 1. The summed E-state index contributed by atoms with van der Waals surface area (Å²) in [4.78, 5) is 24.1. The van der Waals surface area contributed by atoms with Crippen molar-refractivity contribution in [1.29, 1.82) is 0 Å². The highest BCUT2D eigenvalue weighted by Crippen LogP contribution is 2.32. The van der Waals surface area contributed by atoms with Crippen LogP contribution in [0.3, 0.4) is 0 Å². The van der Waals surface area contributed by atoms with Crippen molar-refractivity contribution in [3.63, 3.8) is 0 Å². The number of benzene rings is 1. The first-order valence-electron chi connectivity index (χ1n) is 8.90. The molecule has 1 aliphatic carbocycles. The molecular formula is C19H28N2O4. The van der Waals surface area contributed by atoms with Crippen LogP contribution in [0.2, 0.25) is 0 Å². The molecule has 1 fully saturated rings. The van der Waals surface area contributed by atoms with Crippen LogP contribution in [-0.2, 0) is 14.3 Å². The Hall–Kier alpha value is -1.92. The normalized spacial score (nSPS) is 16.0. The van der Waals surface area contributed by atoms with Crippen molar-refractivity contribution in [1.82, 2.24) is 5.32 Å². The lowest BCUT2D eigenvalue weighted by atomic mass is 10.0. The van der Waals surface area contributed by atoms with Crippen molar-refractivity contribution >= 4 is 17.5 Å². The molecule has 6 nitrogen and oxygen atoms in total. The number of anilines is 1. The van der Waals surface area contributed by atoms with Gasteiger partial charge in [-0.2, -0.15) is 0 Å². The molecule has 0 heterocycles. The molecule has 2 rings (SSSR count). The van der Waals surface area contributed by atoms with Crippen molar-refractivity contribution in [3.8, 4) is 0 Å². The van der Waals surface area contributed by atoms with Crippen LogP contribution in [-0.4, -0.2) is 42.3 Å². The molecule has 1 aromatic rings. The van der Waals surface area contributed by atoms with E-state index in [9.17, 15) is 9.59 Å². The number of nitrogens with one attached hydrogen (secondary N) is 2. The Morgan fingerprint density at radius 3 is 2.36 bits per heavy atom. The highest BCUT2D eigenvalue weighted by molar-refractivity contribution is 6.39. The Kier molecular flexibility index (Phi) is 6.96. The lowest BCUT2D eigenvalue weighted by Crippen LogP contribution is -2.46. The van der Waals surface area contributed by atoms with Crippen LogP contribution < -0.4 is 10.6 Å². The van der Waals surface area contributed by atoms with Gasteiger partial charge in [-0.15, -0.1) is 0 Å². The van der Waals surface area contributed by atoms with Crippen LogP contribution in [0.15, 0.2) is 24.3 Å². The zero-order chi connectivity index (χ0) is 18.3. The number of hydrogen-bond donors (Lipinski definition) is 3. The van der Waals surface area contributed by atoms with Crippen LogP contribution in [0.1, 0.15) is 51.0 Å². The minimum atomic E-state index is -0.687. The van der Waals surface area contributed by atoms with Crippen LogP contribution >= 0.6 is 0 Å². The van der Waals surface area contributed by atoms with Crippen molar-refractivity contribution in [2.45, 2.75) is 51.0 Å². The smallest absolute Gasteiger partial charge is 0.313 e. The third kappa shape index (κ3) is 5.54. The molecule has 0 saturated heterocycles. The largest absolute Gasteiger partial charge is 0.394 e. The molecular weight excluding hydrogens is 320 g/mol. The van der Waals surface area contributed by atoms with E-state index in [1.54, 1.807) is 12.1 Å². The molecule has 2 amide bonds. The Morgan fingerprint density at radius 2 is 1.80 bits per heavy atom. The molecule has 0 unspecified atom stereocenters. The molecule has 1 aromatic carbocycles. The molecule has 0 bridgehead atoms. The van der Waals surface area contributed by atoms with E-state index < -0.39 is 17.4 Å². The maximum atomic E-state index is 12.1. The first-order valence-corrected chi connectivity index (χ1v) is 8.90. The van der Waals surface area contributed by atoms with E-state index in [-0.39, 0.29) is 19.8 Å². The lowest BCUT2D eigenvalue weighted by Gasteiger charge is -2.29. The highest BCUT2D eigenvalue weighted by atomic mass is 16.5. The molecule has 0 aromatic heterocycles. The number of carbonyl (C=O) groups excluding carboxylic acids is 2. The van der Waals surface area contributed by atoms with E-state index in [0.717, 1.165) is 25.7 Å². The third-order valence-electron chi connectivity index (χ3n) is 4.63. The van der Waals surface area contributed by atoms with Gasteiger partial charge >= 0.3 is 11.8 Å². The zero-order valence-electron chi connectivity index (χ0n) is 15.0. The number of aliphatic hydroxyl groups is 1. The quantitative estimate of drug-likeness (QED) is 0.659. The summed E-state index contributed by atoms with van der Waals surface area (Å²) in [6.07, 6.45) is 3.70. The van der Waals surface area contributed by atoms with Gasteiger partial charge in [-0.3, -0.25) is 9.59 Å². The van der Waals surface area contributed by atoms with Gasteiger partial charge in [0.05, 0.1) is 18.8 Å². The second-order valence-corrected chi connectivity index (χ2v) is 6.88. The maximum Gasteiger partial charge on any atom is 0.313 e. The standard InChI is InChI=1S/C19H28N2O4/c1-14(2)15-5-7-16(8-6-15)21-18(24)17(23)20-13-19(25-12-11-22)9-3-4-10-19/h5-8,14,22H,3-4,9-13H2,1-2H3,(H,20,23)(H,21,24). The van der Waals surface area contributed by atoms with E-state index in [0.29, 0.717) is 11.6 Å². The van der Waals surface area contributed by atoms with Gasteiger partial charge in [-0.25, -0.2) is 0 Å². The molecule has 0 radical (unpaired) electrons. The van der Waals surface area contributed by atoms with Crippen molar-refractivity contribution in [3.05, 3.63) is 29.8 Å². The lowest BCUT2D eigenvalue weighted by molar-refractivity contribution is -0.137. The highest BCUT2D eigenvalue weighted by Gasteiger charge is 2.35. The summed E-state index contributed by atoms with van der Waals surface area (Å²) in [6, 6.07) is 7.47. The van der Waals surface area contributed by atoms with E-state index in [1.807, 2.05) is 12.1 Å². The number of carbonyl (C=O) groups is 2. The second kappa shape index (κ2) is 8.97. The van der Waals surface area contributed by atoms with Crippen LogP contribution in [0.5, 0.6) is 0 Å². The summed E-state index contributed by atoms with van der Waals surface area (Å²) in [5, 5.41) is 14.2. The number of hydrogen-bond acceptors (Lipinski definition) is 4. The summed E-state index contributed by atoms with van der Waals surface area (Å²) in [5.74, 6) is -0.950. The topological polar surface area (TPSA) is 87.7 Å². The Bertz CT molecular complexity index is 578. The fourth-order valence-corrected chi connectivity index (χ4v) is 3.11. The van der Waals surface area contributed by atoms with E-state index in [4.69, 9.17) is 9.84 Å². The van der Waals surface area contributed by atoms with Crippen molar-refractivity contribution in [2.24, 2.45) is 0 Å². The molecule has 3 N–H and O–H groups in total. The zero-order valence-corrected chi connectivity index (χ0v) is 15.0. The Morgan fingerprint density at radius 1 is 1.16 bits per heavy atom. The number of ether oxygens (including phenoxy) is 1. The van der Waals surface area contributed by atoms with Gasteiger partial charge in [0, 0.05) is 12.2 Å². The van der Waals surface area contributed by atoms with Gasteiger partial charge in [0.25, 0.3) is 0 Å². The van der Waals surface area contributed by atoms with Gasteiger partial charge in [0.15, 0.2) is 0 Å². The molecule has 25 heavy (non-hydrogen) atoms. The molecule has 0 atom stereocenters. The minimum Gasteiger partial charge on any atom is -0.394 e. The van der Waals surface area contributed by atoms with Gasteiger partial charge in [0.1, 0.15) is 0 Å². The summed E-state index contributed by atoms with van der Waals surface area (Å²) >= 11 is 0. The second-order valence-electron chi connectivity index (χ2n) is 6.88. The van der Waals surface area contributed by atoms with Gasteiger partial charge in [-0.1, -0.05) is 38.8 Å². The summed E-state index contributed by atoms with van der Waals surface area (Å²) in [5.41, 5.74) is 1.31. The number of rotatable bonds is 7. The van der Waals surface area contributed by atoms with Crippen LogP contribution in [0.4, 0.5) is 5.69 Å². The van der Waals surface area contributed by atoms with Crippen molar-refractivity contribution in [2.75, 3.05) is 25.1 Å². The van der Waals surface area contributed by atoms with Crippen molar-refractivity contribution < 1.29 is 19.4 Å². The molecule has 1 aliphatic rings. The van der Waals surface area contributed by atoms with E-state index in [1.165, 1.54) is 5.56 Å². The fraction of sp³-hybridized carbons (Fsp3) is 0.579. The average Bonchev–Trinajstić information content (AvgIpc) is 3.07. The van der Waals surface area contributed by atoms with Gasteiger partial charge in [-0.05, 0) is 36.5 Å². The van der Waals surface area contributed by atoms with Crippen LogP contribution in [0, 0.1) is 0 Å². The van der Waals surface area contributed by atoms with E-state index in [2.05, 4.69) is 24.5 Å². The molecule has 0 aliphatic heterocycles. The monoisotopic (exact) mass is 348 g/mol. The molecule has 0 spiro atoms. The van der Waals surface area contributed by atoms with Crippen LogP contribution in [0.25, 0.3) is 0 Å². The average molecular weight is 348 g/mol. The Labute approximate surface area is 149 Å². The molecule has 1 saturated carbocycles. The summed E-state index contributed by atoms with van der Waals surface area (Å²) < 4.78 is 5.73. The SMILES string of the molecule is CC(C)c1ccc(NC(=O)C(=O)NCC2(OCCO)CCCC2)cc1. The van der Waals surface area contributed by atoms with Gasteiger partial charge in [0.2, 0.25) is 0 Å². The first-order chi connectivity index (χ1) is 12.0. The fourth-order valence-electron chi connectivity index (χ4n) is 3.11. The minimum absolute atomic E-state index is 0.0530. The first kappa shape index (κ1) is 19.4. The third-order valence-corrected chi connectivity index (χ3v) is 4.63. The summed E-state index contributed by atoms with van der Waals surface area (Å²) in [7, 11) is 0. The Balaban J connectivity index is 1.86.